The number of carbonyl (C=O) groups excluding carboxylic acids is 3. The third-order valence-corrected chi connectivity index (χ3v) is 4.21. The standard InChI is InChI=1S/C19H19BrN2O5/c1-12(23)13-7-8-16(17(9-13)26-2)27-11-19(25)21-10-18(24)22-15-6-4-3-5-14(15)20/h3-9H,10-11H2,1-2H3,(H,21,25)(H,22,24). The fourth-order valence-electron chi connectivity index (χ4n) is 2.14. The Labute approximate surface area is 165 Å². The zero-order valence-corrected chi connectivity index (χ0v) is 16.5. The summed E-state index contributed by atoms with van der Waals surface area (Å²) in [6, 6.07) is 11.8. The first-order valence-corrected chi connectivity index (χ1v) is 8.83. The number of anilines is 1. The zero-order valence-electron chi connectivity index (χ0n) is 14.9. The van der Waals surface area contributed by atoms with E-state index in [1.807, 2.05) is 6.07 Å². The maximum Gasteiger partial charge on any atom is 0.258 e. The highest BCUT2D eigenvalue weighted by molar-refractivity contribution is 9.10. The smallest absolute Gasteiger partial charge is 0.258 e. The van der Waals surface area contributed by atoms with Crippen molar-refractivity contribution in [1.82, 2.24) is 5.32 Å². The van der Waals surface area contributed by atoms with Crippen LogP contribution in [-0.4, -0.2) is 37.9 Å². The van der Waals surface area contributed by atoms with Crippen LogP contribution in [-0.2, 0) is 9.59 Å². The van der Waals surface area contributed by atoms with Crippen LogP contribution in [0.3, 0.4) is 0 Å². The molecular formula is C19H19BrN2O5. The van der Waals surface area contributed by atoms with Crippen LogP contribution >= 0.6 is 15.9 Å². The fourth-order valence-corrected chi connectivity index (χ4v) is 2.52. The average molecular weight is 435 g/mol. The molecule has 0 saturated heterocycles. The van der Waals surface area contributed by atoms with Crippen LogP contribution in [0.2, 0.25) is 0 Å². The SMILES string of the molecule is COc1cc(C(C)=O)ccc1OCC(=O)NCC(=O)Nc1ccccc1Br. The molecule has 8 heteroatoms. The number of benzene rings is 2. The molecule has 0 saturated carbocycles. The van der Waals surface area contributed by atoms with Gasteiger partial charge < -0.3 is 20.1 Å². The molecule has 0 aliphatic rings. The maximum absolute atomic E-state index is 11.9. The third-order valence-electron chi connectivity index (χ3n) is 3.52. The monoisotopic (exact) mass is 434 g/mol. The minimum atomic E-state index is -0.463. The Hall–Kier alpha value is -2.87. The van der Waals surface area contributed by atoms with Gasteiger partial charge in [0.15, 0.2) is 23.9 Å². The number of nitrogens with one attached hydrogen (secondary N) is 2. The molecule has 0 bridgehead atoms. The van der Waals surface area contributed by atoms with E-state index < -0.39 is 5.91 Å². The van der Waals surface area contributed by atoms with Crippen molar-refractivity contribution in [2.75, 3.05) is 25.6 Å². The molecule has 2 aromatic carbocycles. The van der Waals surface area contributed by atoms with Crippen molar-refractivity contribution in [3.63, 3.8) is 0 Å². The van der Waals surface area contributed by atoms with E-state index in [9.17, 15) is 14.4 Å². The van der Waals surface area contributed by atoms with Crippen LogP contribution in [0.1, 0.15) is 17.3 Å². The van der Waals surface area contributed by atoms with Gasteiger partial charge in [-0.2, -0.15) is 0 Å². The minimum Gasteiger partial charge on any atom is -0.493 e. The first-order valence-electron chi connectivity index (χ1n) is 8.03. The number of hydrogen-bond acceptors (Lipinski definition) is 5. The Bertz CT molecular complexity index is 854. The Kier molecular flexibility index (Phi) is 7.36. The highest BCUT2D eigenvalue weighted by atomic mass is 79.9. The van der Waals surface area contributed by atoms with Gasteiger partial charge in [0.2, 0.25) is 5.91 Å². The van der Waals surface area contributed by atoms with Crippen molar-refractivity contribution in [2.24, 2.45) is 0 Å². The van der Waals surface area contributed by atoms with Gasteiger partial charge in [-0.1, -0.05) is 12.1 Å². The van der Waals surface area contributed by atoms with E-state index in [4.69, 9.17) is 9.47 Å². The molecule has 0 spiro atoms. The number of para-hydroxylation sites is 1. The van der Waals surface area contributed by atoms with Crippen molar-refractivity contribution in [1.29, 1.82) is 0 Å². The molecule has 0 unspecified atom stereocenters. The Morgan fingerprint density at radius 3 is 2.44 bits per heavy atom. The molecule has 142 valence electrons. The van der Waals surface area contributed by atoms with Crippen molar-refractivity contribution in [3.8, 4) is 11.5 Å². The predicted octanol–water partition coefficient (Wildman–Crippen LogP) is 2.79. The lowest BCUT2D eigenvalue weighted by Crippen LogP contribution is -2.35. The number of carbonyl (C=O) groups is 3. The van der Waals surface area contributed by atoms with E-state index in [-0.39, 0.29) is 24.8 Å². The summed E-state index contributed by atoms with van der Waals surface area (Å²) in [6.07, 6.45) is 0. The normalized spacial score (nSPS) is 10.0. The van der Waals surface area contributed by atoms with Crippen LogP contribution in [0.25, 0.3) is 0 Å². The zero-order chi connectivity index (χ0) is 19.8. The van der Waals surface area contributed by atoms with E-state index in [0.717, 1.165) is 4.47 Å². The molecule has 0 aromatic heterocycles. The number of hydrogen-bond donors (Lipinski definition) is 2. The lowest BCUT2D eigenvalue weighted by Gasteiger charge is -2.12. The lowest BCUT2D eigenvalue weighted by atomic mass is 10.1. The van der Waals surface area contributed by atoms with Crippen molar-refractivity contribution in [3.05, 3.63) is 52.5 Å². The average Bonchev–Trinajstić information content (AvgIpc) is 2.66. The number of ether oxygens (including phenoxy) is 2. The minimum absolute atomic E-state index is 0.103. The Balaban J connectivity index is 1.83. The van der Waals surface area contributed by atoms with Crippen LogP contribution in [0.4, 0.5) is 5.69 Å². The van der Waals surface area contributed by atoms with Crippen LogP contribution < -0.4 is 20.1 Å². The van der Waals surface area contributed by atoms with Gasteiger partial charge in [0.25, 0.3) is 5.91 Å². The van der Waals surface area contributed by atoms with Crippen LogP contribution in [0, 0.1) is 0 Å². The van der Waals surface area contributed by atoms with Crippen molar-refractivity contribution >= 4 is 39.2 Å². The molecule has 2 aromatic rings. The van der Waals surface area contributed by atoms with Gasteiger partial charge in [-0.3, -0.25) is 14.4 Å². The summed E-state index contributed by atoms with van der Waals surface area (Å²) in [5, 5.41) is 5.15. The summed E-state index contributed by atoms with van der Waals surface area (Å²) >= 11 is 3.33. The molecule has 0 aliphatic carbocycles. The van der Waals surface area contributed by atoms with E-state index >= 15 is 0 Å². The molecule has 2 N–H and O–H groups in total. The Morgan fingerprint density at radius 1 is 1.04 bits per heavy atom. The van der Waals surface area contributed by atoms with Gasteiger partial charge in [-0.25, -0.2) is 0 Å². The van der Waals surface area contributed by atoms with Gasteiger partial charge in [0.1, 0.15) is 0 Å². The number of rotatable bonds is 8. The van der Waals surface area contributed by atoms with E-state index in [1.165, 1.54) is 14.0 Å². The molecule has 7 nitrogen and oxygen atoms in total. The second-order valence-corrected chi connectivity index (χ2v) is 6.37. The summed E-state index contributed by atoms with van der Waals surface area (Å²) in [6.45, 7) is 0.962. The molecule has 2 amide bonds. The molecule has 0 fully saturated rings. The predicted molar refractivity (Wildman–Crippen MR) is 104 cm³/mol. The number of methoxy groups -OCH3 is 1. The van der Waals surface area contributed by atoms with Gasteiger partial charge in [0.05, 0.1) is 19.3 Å². The van der Waals surface area contributed by atoms with E-state index in [0.29, 0.717) is 22.7 Å². The fraction of sp³-hybridized carbons (Fsp3) is 0.211. The topological polar surface area (TPSA) is 93.7 Å². The Morgan fingerprint density at radius 2 is 1.78 bits per heavy atom. The number of amides is 2. The first kappa shape index (κ1) is 20.4. The summed E-state index contributed by atoms with van der Waals surface area (Å²) in [7, 11) is 1.44. The largest absolute Gasteiger partial charge is 0.493 e. The second kappa shape index (κ2) is 9.72. The number of halogens is 1. The van der Waals surface area contributed by atoms with Gasteiger partial charge in [-0.05, 0) is 53.2 Å². The third kappa shape index (κ3) is 6.10. The molecule has 0 heterocycles. The van der Waals surface area contributed by atoms with Crippen LogP contribution in [0.15, 0.2) is 46.9 Å². The summed E-state index contributed by atoms with van der Waals surface area (Å²) in [4.78, 5) is 35.2. The second-order valence-electron chi connectivity index (χ2n) is 5.52. The lowest BCUT2D eigenvalue weighted by molar-refractivity contribution is -0.125. The molecule has 0 radical (unpaired) electrons. The van der Waals surface area contributed by atoms with Crippen molar-refractivity contribution < 1.29 is 23.9 Å². The molecular weight excluding hydrogens is 416 g/mol. The van der Waals surface area contributed by atoms with E-state index in [2.05, 4.69) is 26.6 Å². The molecule has 0 atom stereocenters. The van der Waals surface area contributed by atoms with Gasteiger partial charge >= 0.3 is 0 Å². The number of Topliss-reactive ketones (excluding diaryl/α,β-unsaturated/α-hetero) is 1. The molecule has 0 aliphatic heterocycles. The highest BCUT2D eigenvalue weighted by Gasteiger charge is 2.12. The number of ketones is 1. The first-order chi connectivity index (χ1) is 12.9. The van der Waals surface area contributed by atoms with Crippen LogP contribution in [0.5, 0.6) is 11.5 Å². The molecule has 27 heavy (non-hydrogen) atoms. The quantitative estimate of drug-likeness (QED) is 0.622. The summed E-state index contributed by atoms with van der Waals surface area (Å²) < 4.78 is 11.3. The highest BCUT2D eigenvalue weighted by Crippen LogP contribution is 2.28. The van der Waals surface area contributed by atoms with Gasteiger partial charge in [0, 0.05) is 10.0 Å². The maximum atomic E-state index is 11.9. The summed E-state index contributed by atoms with van der Waals surface area (Å²) in [5.41, 5.74) is 1.09. The van der Waals surface area contributed by atoms with Crippen molar-refractivity contribution in [2.45, 2.75) is 6.92 Å². The molecule has 2 rings (SSSR count). The summed E-state index contributed by atoms with van der Waals surface area (Å²) in [5.74, 6) is -0.250. The van der Waals surface area contributed by atoms with E-state index in [1.54, 1.807) is 36.4 Å². The van der Waals surface area contributed by atoms with Gasteiger partial charge in [-0.15, -0.1) is 0 Å².